The number of nitrogens with zero attached hydrogens (tertiary/aromatic N) is 2. The van der Waals surface area contributed by atoms with Crippen LogP contribution in [0.2, 0.25) is 0 Å². The van der Waals surface area contributed by atoms with Crippen LogP contribution in [0.25, 0.3) is 0 Å². The van der Waals surface area contributed by atoms with Crippen molar-refractivity contribution in [2.24, 2.45) is 0 Å². The van der Waals surface area contributed by atoms with Crippen molar-refractivity contribution < 1.29 is 4.79 Å². The van der Waals surface area contributed by atoms with Crippen LogP contribution in [0.4, 0.5) is 5.69 Å². The predicted octanol–water partition coefficient (Wildman–Crippen LogP) is 1.61. The van der Waals surface area contributed by atoms with E-state index in [0.29, 0.717) is 0 Å². The lowest BCUT2D eigenvalue weighted by molar-refractivity contribution is -0.121. The van der Waals surface area contributed by atoms with Gasteiger partial charge in [-0.05, 0) is 19.1 Å². The van der Waals surface area contributed by atoms with Crippen LogP contribution in [0.15, 0.2) is 24.5 Å². The number of hydrogen-bond donors (Lipinski definition) is 2. The van der Waals surface area contributed by atoms with Gasteiger partial charge in [0.15, 0.2) is 0 Å². The molecule has 96 valence electrons. The van der Waals surface area contributed by atoms with Gasteiger partial charge in [0.05, 0.1) is 11.9 Å². The van der Waals surface area contributed by atoms with E-state index in [9.17, 15) is 4.79 Å². The normalized spacial score (nSPS) is 10.3. The zero-order chi connectivity index (χ0) is 13.0. The van der Waals surface area contributed by atoms with E-state index in [1.54, 1.807) is 29.3 Å². The van der Waals surface area contributed by atoms with E-state index < -0.39 is 0 Å². The van der Waals surface area contributed by atoms with Gasteiger partial charge in [-0.1, -0.05) is 0 Å². The molecule has 0 aromatic carbocycles. The molecule has 0 radical (unpaired) electrons. The number of amides is 1. The Morgan fingerprint density at radius 3 is 3.00 bits per heavy atom. The summed E-state index contributed by atoms with van der Waals surface area (Å²) in [5.41, 5.74) is 0.921. The summed E-state index contributed by atoms with van der Waals surface area (Å²) in [4.78, 5) is 13.8. The fraction of sp³-hybridized carbons (Fsp3) is 0.333. The van der Waals surface area contributed by atoms with Crippen LogP contribution in [0.1, 0.15) is 9.75 Å². The van der Waals surface area contributed by atoms with Gasteiger partial charge in [0.1, 0.15) is 6.54 Å². The lowest BCUT2D eigenvalue weighted by atomic mass is 10.4. The number of nitrogens with one attached hydrogen (secondary N) is 2. The van der Waals surface area contributed by atoms with Crippen molar-refractivity contribution in [2.45, 2.75) is 20.0 Å². The Morgan fingerprint density at radius 1 is 1.50 bits per heavy atom. The SMILES string of the molecule is CNC(=O)Cn1cc(NCc2ccc(C)s2)cn1. The van der Waals surface area contributed by atoms with Crippen molar-refractivity contribution in [1.29, 1.82) is 0 Å². The van der Waals surface area contributed by atoms with Crippen LogP contribution < -0.4 is 10.6 Å². The maximum absolute atomic E-state index is 11.2. The lowest BCUT2D eigenvalue weighted by Gasteiger charge is -2.01. The largest absolute Gasteiger partial charge is 0.378 e. The molecular formula is C12H16N4OS. The van der Waals surface area contributed by atoms with Crippen LogP contribution in [0, 0.1) is 6.92 Å². The molecule has 0 aliphatic carbocycles. The zero-order valence-electron chi connectivity index (χ0n) is 10.4. The first-order valence-corrected chi connectivity index (χ1v) is 6.51. The molecule has 0 saturated carbocycles. The van der Waals surface area contributed by atoms with Crippen molar-refractivity contribution >= 4 is 22.9 Å². The summed E-state index contributed by atoms with van der Waals surface area (Å²) in [6, 6.07) is 4.22. The van der Waals surface area contributed by atoms with Crippen LogP contribution in [-0.4, -0.2) is 22.7 Å². The first kappa shape index (κ1) is 12.6. The van der Waals surface area contributed by atoms with E-state index in [-0.39, 0.29) is 12.5 Å². The van der Waals surface area contributed by atoms with Crippen molar-refractivity contribution in [2.75, 3.05) is 12.4 Å². The molecule has 0 saturated heterocycles. The average molecular weight is 264 g/mol. The maximum Gasteiger partial charge on any atom is 0.241 e. The molecule has 2 aromatic rings. The highest BCUT2D eigenvalue weighted by Crippen LogP contribution is 2.16. The van der Waals surface area contributed by atoms with E-state index in [1.165, 1.54) is 9.75 Å². The molecular weight excluding hydrogens is 248 g/mol. The molecule has 0 unspecified atom stereocenters. The number of likely N-dealkylation sites (N-methyl/N-ethyl adjacent to an activating group) is 1. The quantitative estimate of drug-likeness (QED) is 0.862. The fourth-order valence-electron chi connectivity index (χ4n) is 1.54. The standard InChI is InChI=1S/C12H16N4OS/c1-9-3-4-11(18-9)6-14-10-5-15-16(7-10)8-12(17)13-2/h3-5,7,14H,6,8H2,1-2H3,(H,13,17). The topological polar surface area (TPSA) is 59.0 Å². The third-order valence-electron chi connectivity index (χ3n) is 2.48. The van der Waals surface area contributed by atoms with Crippen LogP contribution in [0.3, 0.4) is 0 Å². The zero-order valence-corrected chi connectivity index (χ0v) is 11.3. The maximum atomic E-state index is 11.2. The van der Waals surface area contributed by atoms with Gasteiger partial charge >= 0.3 is 0 Å². The van der Waals surface area contributed by atoms with Gasteiger partial charge in [0.25, 0.3) is 0 Å². The van der Waals surface area contributed by atoms with E-state index in [2.05, 4.69) is 34.8 Å². The minimum atomic E-state index is -0.0569. The average Bonchev–Trinajstić information content (AvgIpc) is 2.96. The van der Waals surface area contributed by atoms with Crippen LogP contribution in [0.5, 0.6) is 0 Å². The Labute approximate surface area is 110 Å². The molecule has 18 heavy (non-hydrogen) atoms. The summed E-state index contributed by atoms with van der Waals surface area (Å²) in [6.45, 7) is 3.12. The molecule has 0 spiro atoms. The summed E-state index contributed by atoms with van der Waals surface area (Å²) >= 11 is 1.77. The lowest BCUT2D eigenvalue weighted by Crippen LogP contribution is -2.23. The first-order chi connectivity index (χ1) is 8.67. The number of hydrogen-bond acceptors (Lipinski definition) is 4. The van der Waals surface area contributed by atoms with Crippen molar-refractivity contribution in [3.63, 3.8) is 0 Å². The van der Waals surface area contributed by atoms with Gasteiger partial charge in [-0.15, -0.1) is 11.3 Å². The molecule has 5 nitrogen and oxygen atoms in total. The third kappa shape index (κ3) is 3.33. The van der Waals surface area contributed by atoms with Gasteiger partial charge in [-0.3, -0.25) is 9.48 Å². The minimum Gasteiger partial charge on any atom is -0.378 e. The fourth-order valence-corrected chi connectivity index (χ4v) is 2.37. The highest BCUT2D eigenvalue weighted by atomic mass is 32.1. The number of aryl methyl sites for hydroxylation is 1. The number of rotatable bonds is 5. The Balaban J connectivity index is 1.88. The third-order valence-corrected chi connectivity index (χ3v) is 3.48. The van der Waals surface area contributed by atoms with Gasteiger partial charge in [0, 0.05) is 29.5 Å². The summed E-state index contributed by atoms with van der Waals surface area (Å²) in [6.07, 6.45) is 3.55. The molecule has 0 atom stereocenters. The Hall–Kier alpha value is -1.82. The monoisotopic (exact) mass is 264 g/mol. The van der Waals surface area contributed by atoms with Gasteiger partial charge in [-0.25, -0.2) is 0 Å². The minimum absolute atomic E-state index is 0.0569. The summed E-state index contributed by atoms with van der Waals surface area (Å²) < 4.78 is 1.61. The Kier molecular flexibility index (Phi) is 3.99. The van der Waals surface area contributed by atoms with E-state index in [4.69, 9.17) is 0 Å². The summed E-state index contributed by atoms with van der Waals surface area (Å²) in [7, 11) is 1.62. The highest BCUT2D eigenvalue weighted by Gasteiger charge is 2.03. The van der Waals surface area contributed by atoms with Gasteiger partial charge in [-0.2, -0.15) is 5.10 Å². The van der Waals surface area contributed by atoms with Gasteiger partial charge < -0.3 is 10.6 Å². The van der Waals surface area contributed by atoms with Crippen LogP contribution in [-0.2, 0) is 17.9 Å². The van der Waals surface area contributed by atoms with Crippen LogP contribution >= 0.6 is 11.3 Å². The highest BCUT2D eigenvalue weighted by molar-refractivity contribution is 7.11. The van der Waals surface area contributed by atoms with E-state index in [0.717, 1.165) is 12.2 Å². The van der Waals surface area contributed by atoms with Crippen molar-refractivity contribution in [3.05, 3.63) is 34.3 Å². The van der Waals surface area contributed by atoms with Crippen molar-refractivity contribution in [1.82, 2.24) is 15.1 Å². The van der Waals surface area contributed by atoms with Crippen molar-refractivity contribution in [3.8, 4) is 0 Å². The predicted molar refractivity (Wildman–Crippen MR) is 72.7 cm³/mol. The molecule has 0 bridgehead atoms. The molecule has 1 amide bonds. The second-order valence-corrected chi connectivity index (χ2v) is 5.34. The number of thiophene rings is 1. The van der Waals surface area contributed by atoms with E-state index in [1.807, 2.05) is 6.20 Å². The number of carbonyl (C=O) groups excluding carboxylic acids is 1. The summed E-state index contributed by atoms with van der Waals surface area (Å²) in [5, 5.41) is 9.96. The summed E-state index contributed by atoms with van der Waals surface area (Å²) in [5.74, 6) is -0.0569. The molecule has 2 heterocycles. The molecule has 0 fully saturated rings. The smallest absolute Gasteiger partial charge is 0.241 e. The number of anilines is 1. The molecule has 2 rings (SSSR count). The Morgan fingerprint density at radius 2 is 2.33 bits per heavy atom. The molecule has 0 aliphatic heterocycles. The number of aromatic nitrogens is 2. The second kappa shape index (κ2) is 5.68. The van der Waals surface area contributed by atoms with Gasteiger partial charge in [0.2, 0.25) is 5.91 Å². The molecule has 2 aromatic heterocycles. The molecule has 0 aliphatic rings. The number of carbonyl (C=O) groups is 1. The first-order valence-electron chi connectivity index (χ1n) is 5.69. The Bertz CT molecular complexity index is 532. The molecule has 2 N–H and O–H groups in total. The molecule has 6 heteroatoms. The van der Waals surface area contributed by atoms with E-state index >= 15 is 0 Å². The second-order valence-electron chi connectivity index (χ2n) is 3.97.